The molecule has 2 aromatic rings. The maximum absolute atomic E-state index is 5.46. The van der Waals surface area contributed by atoms with E-state index < -0.39 is 0 Å². The van der Waals surface area contributed by atoms with Gasteiger partial charge in [0.1, 0.15) is 12.4 Å². The van der Waals surface area contributed by atoms with Crippen LogP contribution in [0.1, 0.15) is 50.3 Å². The molecule has 0 aliphatic carbocycles. The van der Waals surface area contributed by atoms with Crippen LogP contribution >= 0.6 is 24.0 Å². The molecule has 0 saturated carbocycles. The van der Waals surface area contributed by atoms with Gasteiger partial charge in [-0.25, -0.2) is 4.99 Å². The Labute approximate surface area is 215 Å². The van der Waals surface area contributed by atoms with E-state index in [1.165, 1.54) is 5.56 Å². The Morgan fingerprint density at radius 1 is 1.24 bits per heavy atom. The zero-order valence-electron chi connectivity index (χ0n) is 20.5. The van der Waals surface area contributed by atoms with Crippen LogP contribution in [0.3, 0.4) is 0 Å². The Bertz CT molecular complexity index is 843. The molecule has 8 nitrogen and oxygen atoms in total. The Morgan fingerprint density at radius 3 is 2.70 bits per heavy atom. The number of ether oxygens (including phenoxy) is 1. The summed E-state index contributed by atoms with van der Waals surface area (Å²) in [5, 5.41) is 15.5. The van der Waals surface area contributed by atoms with Gasteiger partial charge in [0.25, 0.3) is 0 Å². The molecule has 2 N–H and O–H groups in total. The van der Waals surface area contributed by atoms with Crippen molar-refractivity contribution in [3.05, 3.63) is 47.5 Å². The van der Waals surface area contributed by atoms with E-state index in [0.717, 1.165) is 69.7 Å². The molecule has 2 heterocycles. The normalized spacial score (nSPS) is 19.2. The zero-order valence-corrected chi connectivity index (χ0v) is 22.8. The molecule has 1 fully saturated rings. The molecule has 1 aliphatic heterocycles. The van der Waals surface area contributed by atoms with Gasteiger partial charge in [0.2, 0.25) is 0 Å². The minimum Gasteiger partial charge on any atom is -0.382 e. The van der Waals surface area contributed by atoms with E-state index in [-0.39, 0.29) is 24.0 Å². The average Bonchev–Trinajstić information content (AvgIpc) is 3.12. The molecule has 184 valence electrons. The van der Waals surface area contributed by atoms with Gasteiger partial charge in [0.05, 0.1) is 0 Å². The van der Waals surface area contributed by atoms with Gasteiger partial charge >= 0.3 is 0 Å². The fourth-order valence-electron chi connectivity index (χ4n) is 4.01. The maximum Gasteiger partial charge on any atom is 0.191 e. The molecule has 0 radical (unpaired) electrons. The molecule has 3 rings (SSSR count). The highest BCUT2D eigenvalue weighted by Crippen LogP contribution is 2.20. The van der Waals surface area contributed by atoms with E-state index in [0.29, 0.717) is 18.6 Å². The Hall–Kier alpha value is -1.72. The molecular weight excluding hydrogens is 529 g/mol. The van der Waals surface area contributed by atoms with E-state index >= 15 is 0 Å². The number of benzene rings is 1. The first-order chi connectivity index (χ1) is 15.6. The highest BCUT2D eigenvalue weighted by molar-refractivity contribution is 14.0. The van der Waals surface area contributed by atoms with E-state index in [1.54, 1.807) is 0 Å². The number of likely N-dealkylation sites (tertiary alicyclic amines) is 1. The van der Waals surface area contributed by atoms with Crippen LogP contribution in [0.15, 0.2) is 35.3 Å². The second kappa shape index (κ2) is 14.5. The van der Waals surface area contributed by atoms with Gasteiger partial charge in [0, 0.05) is 52.0 Å². The van der Waals surface area contributed by atoms with Gasteiger partial charge in [-0.05, 0) is 45.6 Å². The van der Waals surface area contributed by atoms with E-state index in [2.05, 4.69) is 63.0 Å². The van der Waals surface area contributed by atoms with Crippen LogP contribution in [-0.2, 0) is 24.9 Å². The van der Waals surface area contributed by atoms with Gasteiger partial charge in [-0.2, -0.15) is 0 Å². The number of nitrogens with one attached hydrogen (secondary N) is 2. The van der Waals surface area contributed by atoms with Crippen molar-refractivity contribution in [3.63, 3.8) is 0 Å². The van der Waals surface area contributed by atoms with Crippen LogP contribution < -0.4 is 10.6 Å². The largest absolute Gasteiger partial charge is 0.382 e. The lowest BCUT2D eigenvalue weighted by Gasteiger charge is -2.38. The molecule has 1 aromatic heterocycles. The number of halogens is 1. The standard InChI is InChI=1S/C24H39N7O.HI/c1-5-32-15-9-13-25-24(26-17-23-29-28-20(3)30(23)4)27-22-12-14-31(19(2)16-22)18-21-10-7-6-8-11-21;/h6-8,10-11,19,22H,5,9,12-18H2,1-4H3,(H2,25,26,27);1H. The van der Waals surface area contributed by atoms with Crippen molar-refractivity contribution in [2.24, 2.45) is 12.0 Å². The monoisotopic (exact) mass is 569 g/mol. The Balaban J connectivity index is 0.00000385. The van der Waals surface area contributed by atoms with Crippen molar-refractivity contribution in [1.82, 2.24) is 30.3 Å². The Morgan fingerprint density at radius 2 is 2.03 bits per heavy atom. The molecule has 1 saturated heterocycles. The predicted octanol–water partition coefficient (Wildman–Crippen LogP) is 3.26. The summed E-state index contributed by atoms with van der Waals surface area (Å²) in [7, 11) is 1.98. The van der Waals surface area contributed by atoms with Crippen LogP contribution in [0, 0.1) is 6.92 Å². The predicted molar refractivity (Wildman–Crippen MR) is 144 cm³/mol. The zero-order chi connectivity index (χ0) is 22.8. The lowest BCUT2D eigenvalue weighted by atomic mass is 9.97. The molecule has 1 aromatic carbocycles. The minimum atomic E-state index is 0. The number of hydrogen-bond donors (Lipinski definition) is 2. The summed E-state index contributed by atoms with van der Waals surface area (Å²) in [5.74, 6) is 2.61. The van der Waals surface area contributed by atoms with Crippen LogP contribution in [0.25, 0.3) is 0 Å². The summed E-state index contributed by atoms with van der Waals surface area (Å²) >= 11 is 0. The van der Waals surface area contributed by atoms with Crippen molar-refractivity contribution in [2.75, 3.05) is 26.3 Å². The smallest absolute Gasteiger partial charge is 0.191 e. The summed E-state index contributed by atoms with van der Waals surface area (Å²) < 4.78 is 7.45. The first kappa shape index (κ1) is 27.5. The van der Waals surface area contributed by atoms with Gasteiger partial charge in [-0.1, -0.05) is 30.3 Å². The highest BCUT2D eigenvalue weighted by Gasteiger charge is 2.26. The van der Waals surface area contributed by atoms with Crippen molar-refractivity contribution in [1.29, 1.82) is 0 Å². The van der Waals surface area contributed by atoms with E-state index in [9.17, 15) is 0 Å². The molecule has 2 atom stereocenters. The van der Waals surface area contributed by atoms with E-state index in [4.69, 9.17) is 9.73 Å². The van der Waals surface area contributed by atoms with Crippen molar-refractivity contribution in [2.45, 2.75) is 65.2 Å². The maximum atomic E-state index is 5.46. The molecule has 9 heteroatoms. The first-order valence-corrected chi connectivity index (χ1v) is 11.8. The van der Waals surface area contributed by atoms with Gasteiger partial charge < -0.3 is 19.9 Å². The number of piperidine rings is 1. The van der Waals surface area contributed by atoms with Crippen LogP contribution in [0.2, 0.25) is 0 Å². The fourth-order valence-corrected chi connectivity index (χ4v) is 4.01. The lowest BCUT2D eigenvalue weighted by Crippen LogP contribution is -2.51. The van der Waals surface area contributed by atoms with Crippen molar-refractivity contribution >= 4 is 29.9 Å². The summed E-state index contributed by atoms with van der Waals surface area (Å²) in [4.78, 5) is 7.38. The number of guanidine groups is 1. The highest BCUT2D eigenvalue weighted by atomic mass is 127. The van der Waals surface area contributed by atoms with Gasteiger partial charge in [-0.15, -0.1) is 34.2 Å². The molecule has 0 spiro atoms. The number of aromatic nitrogens is 3. The van der Waals surface area contributed by atoms with Crippen LogP contribution in [0.4, 0.5) is 0 Å². The van der Waals surface area contributed by atoms with Crippen LogP contribution in [0.5, 0.6) is 0 Å². The third-order valence-electron chi connectivity index (χ3n) is 6.11. The quantitative estimate of drug-likeness (QED) is 0.198. The number of hydrogen-bond acceptors (Lipinski definition) is 5. The second-order valence-electron chi connectivity index (χ2n) is 8.54. The van der Waals surface area contributed by atoms with Gasteiger partial charge in [-0.3, -0.25) is 4.90 Å². The average molecular weight is 570 g/mol. The molecule has 0 bridgehead atoms. The van der Waals surface area contributed by atoms with E-state index in [1.807, 2.05) is 25.5 Å². The third-order valence-corrected chi connectivity index (χ3v) is 6.11. The topological polar surface area (TPSA) is 79.6 Å². The molecule has 2 unspecified atom stereocenters. The van der Waals surface area contributed by atoms with Crippen molar-refractivity contribution in [3.8, 4) is 0 Å². The second-order valence-corrected chi connectivity index (χ2v) is 8.54. The minimum absolute atomic E-state index is 0. The summed E-state index contributed by atoms with van der Waals surface area (Å²) in [6.07, 6.45) is 3.14. The Kier molecular flexibility index (Phi) is 12.1. The fraction of sp³-hybridized carbons (Fsp3) is 0.625. The molecule has 33 heavy (non-hydrogen) atoms. The lowest BCUT2D eigenvalue weighted by molar-refractivity contribution is 0.134. The van der Waals surface area contributed by atoms with Gasteiger partial charge in [0.15, 0.2) is 11.8 Å². The third kappa shape index (κ3) is 8.86. The molecular formula is C24H40IN7O. The number of rotatable bonds is 10. The van der Waals surface area contributed by atoms with Crippen LogP contribution in [-0.4, -0.2) is 64.0 Å². The molecule has 1 aliphatic rings. The summed E-state index contributed by atoms with van der Waals surface area (Å²) in [6, 6.07) is 11.6. The number of nitrogens with zero attached hydrogens (tertiary/aromatic N) is 5. The number of aliphatic imine (C=N–C) groups is 1. The summed E-state index contributed by atoms with van der Waals surface area (Å²) in [5.41, 5.74) is 1.38. The molecule has 0 amide bonds. The summed E-state index contributed by atoms with van der Waals surface area (Å²) in [6.45, 7) is 11.2. The van der Waals surface area contributed by atoms with Crippen molar-refractivity contribution < 1.29 is 4.74 Å². The number of aryl methyl sites for hydroxylation is 1. The first-order valence-electron chi connectivity index (χ1n) is 11.8. The SMILES string of the molecule is CCOCCCNC(=NCc1nnc(C)n1C)NC1CCN(Cc2ccccc2)C(C)C1.I.